The van der Waals surface area contributed by atoms with Crippen LogP contribution in [0.5, 0.6) is 0 Å². The Morgan fingerprint density at radius 1 is 1.20 bits per heavy atom. The molecule has 20 heavy (non-hydrogen) atoms. The van der Waals surface area contributed by atoms with Gasteiger partial charge in [-0.2, -0.15) is 0 Å². The third kappa shape index (κ3) is 3.04. The lowest BCUT2D eigenvalue weighted by atomic mass is 10.3. The second kappa shape index (κ2) is 5.58. The van der Waals surface area contributed by atoms with Crippen LogP contribution in [0.4, 0.5) is 17.3 Å². The average Bonchev–Trinajstić information content (AvgIpc) is 3.27. The highest BCUT2D eigenvalue weighted by Crippen LogP contribution is 2.39. The maximum absolute atomic E-state index is 6.19. The summed E-state index contributed by atoms with van der Waals surface area (Å²) in [5, 5.41) is 6.98. The lowest BCUT2D eigenvalue weighted by Crippen LogP contribution is -2.03. The second-order valence-corrected chi connectivity index (χ2v) is 6.09. The first-order valence-corrected chi connectivity index (χ1v) is 7.61. The minimum Gasteiger partial charge on any atom is -0.373 e. The van der Waals surface area contributed by atoms with Crippen molar-refractivity contribution in [1.29, 1.82) is 0 Å². The first kappa shape index (κ1) is 13.6. The monoisotopic (exact) mass is 352 g/mol. The summed E-state index contributed by atoms with van der Waals surface area (Å²) >= 11 is 9.63. The number of nitrogens with zero attached hydrogens (tertiary/aromatic N) is 2. The van der Waals surface area contributed by atoms with E-state index in [0.29, 0.717) is 10.9 Å². The molecule has 2 N–H and O–H groups in total. The summed E-state index contributed by atoms with van der Waals surface area (Å²) in [5.41, 5.74) is 0.823. The van der Waals surface area contributed by atoms with E-state index in [0.717, 1.165) is 27.6 Å². The maximum atomic E-state index is 6.19. The number of aromatic nitrogens is 2. The molecule has 0 radical (unpaired) electrons. The van der Waals surface area contributed by atoms with E-state index < -0.39 is 0 Å². The van der Waals surface area contributed by atoms with Crippen molar-refractivity contribution in [2.45, 2.75) is 18.8 Å². The number of hydrogen-bond donors (Lipinski definition) is 2. The van der Waals surface area contributed by atoms with Crippen molar-refractivity contribution < 1.29 is 0 Å². The Hall–Kier alpha value is -1.33. The summed E-state index contributed by atoms with van der Waals surface area (Å²) in [4.78, 5) is 9.06. The molecule has 1 saturated carbocycles. The van der Waals surface area contributed by atoms with E-state index >= 15 is 0 Å². The molecule has 1 aliphatic rings. The molecular weight excluding hydrogens is 340 g/mol. The molecule has 1 aromatic heterocycles. The summed E-state index contributed by atoms with van der Waals surface area (Å²) in [6.07, 6.45) is 2.34. The fraction of sp³-hybridized carbons (Fsp3) is 0.286. The van der Waals surface area contributed by atoms with Gasteiger partial charge in [-0.3, -0.25) is 0 Å². The van der Waals surface area contributed by atoms with Crippen molar-refractivity contribution in [3.63, 3.8) is 0 Å². The molecule has 2 aromatic rings. The van der Waals surface area contributed by atoms with Gasteiger partial charge in [0.05, 0.1) is 10.7 Å². The fourth-order valence-corrected chi connectivity index (χ4v) is 2.44. The number of rotatable bonds is 4. The van der Waals surface area contributed by atoms with Crippen LogP contribution in [0, 0.1) is 0 Å². The Balaban J connectivity index is 1.93. The van der Waals surface area contributed by atoms with Crippen molar-refractivity contribution in [3.05, 3.63) is 39.6 Å². The van der Waals surface area contributed by atoms with Gasteiger partial charge in [0, 0.05) is 23.5 Å². The molecule has 0 bridgehead atoms. The minimum atomic E-state index is 0.502. The van der Waals surface area contributed by atoms with E-state index in [-0.39, 0.29) is 0 Å². The zero-order chi connectivity index (χ0) is 14.1. The fourth-order valence-electron chi connectivity index (χ4n) is 1.91. The summed E-state index contributed by atoms with van der Waals surface area (Å²) in [7, 11) is 1.86. The highest BCUT2D eigenvalue weighted by Gasteiger charge is 2.27. The van der Waals surface area contributed by atoms with Gasteiger partial charge in [-0.05, 0) is 31.0 Å². The van der Waals surface area contributed by atoms with Gasteiger partial charge < -0.3 is 10.6 Å². The molecule has 1 aromatic carbocycles. The quantitative estimate of drug-likeness (QED) is 0.846. The van der Waals surface area contributed by atoms with Crippen LogP contribution in [0.1, 0.15) is 24.6 Å². The van der Waals surface area contributed by atoms with Crippen LogP contribution in [0.2, 0.25) is 5.02 Å². The third-order valence-electron chi connectivity index (χ3n) is 3.13. The zero-order valence-electron chi connectivity index (χ0n) is 11.0. The van der Waals surface area contributed by atoms with E-state index in [9.17, 15) is 0 Å². The van der Waals surface area contributed by atoms with Gasteiger partial charge in [-0.1, -0.05) is 27.5 Å². The van der Waals surface area contributed by atoms with Crippen LogP contribution in [-0.4, -0.2) is 17.0 Å². The average molecular weight is 354 g/mol. The Kier molecular flexibility index (Phi) is 3.81. The van der Waals surface area contributed by atoms with Gasteiger partial charge in [-0.15, -0.1) is 0 Å². The Morgan fingerprint density at radius 3 is 2.65 bits per heavy atom. The van der Waals surface area contributed by atoms with Crippen molar-refractivity contribution in [1.82, 2.24) is 9.97 Å². The van der Waals surface area contributed by atoms with Gasteiger partial charge in [0.1, 0.15) is 17.5 Å². The number of benzene rings is 1. The first-order chi connectivity index (χ1) is 9.65. The smallest absolute Gasteiger partial charge is 0.136 e. The molecule has 0 atom stereocenters. The van der Waals surface area contributed by atoms with Crippen molar-refractivity contribution >= 4 is 44.9 Å². The summed E-state index contributed by atoms with van der Waals surface area (Å²) in [5.74, 6) is 2.97. The van der Waals surface area contributed by atoms with Crippen LogP contribution in [0.3, 0.4) is 0 Å². The van der Waals surface area contributed by atoms with E-state index in [1.54, 1.807) is 0 Å². The Morgan fingerprint density at radius 2 is 1.95 bits per heavy atom. The molecule has 6 heteroatoms. The molecular formula is C14H14BrClN4. The predicted molar refractivity (Wildman–Crippen MR) is 86.0 cm³/mol. The van der Waals surface area contributed by atoms with Crippen molar-refractivity contribution in [2.75, 3.05) is 17.7 Å². The molecule has 4 nitrogen and oxygen atoms in total. The number of hydrogen-bond acceptors (Lipinski definition) is 4. The summed E-state index contributed by atoms with van der Waals surface area (Å²) in [6.45, 7) is 0. The number of halogens is 2. The molecule has 3 rings (SSSR count). The Bertz CT molecular complexity index is 643. The van der Waals surface area contributed by atoms with E-state index in [1.807, 2.05) is 31.3 Å². The molecule has 1 heterocycles. The standard InChI is InChI=1S/C14H14BrClN4/c1-17-12-7-13(20-14(19-12)8-2-3-8)18-11-6-9(15)4-5-10(11)16/h4-8H,2-3H2,1H3,(H2,17,18,19,20). The lowest BCUT2D eigenvalue weighted by Gasteiger charge is -2.11. The molecule has 0 saturated heterocycles. The normalized spacial score (nSPS) is 14.2. The number of nitrogens with one attached hydrogen (secondary N) is 2. The van der Waals surface area contributed by atoms with Crippen molar-refractivity contribution in [3.8, 4) is 0 Å². The highest BCUT2D eigenvalue weighted by molar-refractivity contribution is 9.10. The number of anilines is 3. The molecule has 1 fully saturated rings. The van der Waals surface area contributed by atoms with Gasteiger partial charge >= 0.3 is 0 Å². The molecule has 104 valence electrons. The summed E-state index contributed by atoms with van der Waals surface area (Å²) < 4.78 is 0.967. The van der Waals surface area contributed by atoms with E-state index in [4.69, 9.17) is 11.6 Å². The molecule has 0 aliphatic heterocycles. The van der Waals surface area contributed by atoms with Crippen LogP contribution in [0.15, 0.2) is 28.7 Å². The highest BCUT2D eigenvalue weighted by atomic mass is 79.9. The summed E-state index contributed by atoms with van der Waals surface area (Å²) in [6, 6.07) is 7.56. The third-order valence-corrected chi connectivity index (χ3v) is 3.96. The van der Waals surface area contributed by atoms with Crippen LogP contribution in [-0.2, 0) is 0 Å². The lowest BCUT2D eigenvalue weighted by molar-refractivity contribution is 0.932. The van der Waals surface area contributed by atoms with E-state index in [1.165, 1.54) is 12.8 Å². The second-order valence-electron chi connectivity index (χ2n) is 4.77. The van der Waals surface area contributed by atoms with Gasteiger partial charge in [0.25, 0.3) is 0 Å². The van der Waals surface area contributed by atoms with Gasteiger partial charge in [0.15, 0.2) is 0 Å². The first-order valence-electron chi connectivity index (χ1n) is 6.44. The Labute approximate surface area is 131 Å². The predicted octanol–water partition coefficient (Wildman–Crippen LogP) is 4.56. The molecule has 0 spiro atoms. The van der Waals surface area contributed by atoms with Gasteiger partial charge in [-0.25, -0.2) is 9.97 Å². The minimum absolute atomic E-state index is 0.502. The van der Waals surface area contributed by atoms with Crippen LogP contribution >= 0.6 is 27.5 Å². The van der Waals surface area contributed by atoms with Crippen LogP contribution in [0.25, 0.3) is 0 Å². The van der Waals surface area contributed by atoms with Gasteiger partial charge in [0.2, 0.25) is 0 Å². The topological polar surface area (TPSA) is 49.8 Å². The SMILES string of the molecule is CNc1cc(Nc2cc(Br)ccc2Cl)nc(C2CC2)n1. The zero-order valence-corrected chi connectivity index (χ0v) is 13.3. The van der Waals surface area contributed by atoms with E-state index in [2.05, 4.69) is 36.5 Å². The molecule has 1 aliphatic carbocycles. The maximum Gasteiger partial charge on any atom is 0.136 e. The largest absolute Gasteiger partial charge is 0.373 e. The van der Waals surface area contributed by atoms with Crippen LogP contribution < -0.4 is 10.6 Å². The van der Waals surface area contributed by atoms with Crippen molar-refractivity contribution in [2.24, 2.45) is 0 Å². The molecule has 0 unspecified atom stereocenters. The molecule has 0 amide bonds.